The maximum Gasteiger partial charge on any atom is 0.348 e. The first-order chi connectivity index (χ1) is 12.5. The molecule has 0 spiro atoms. The SMILES string of the molecule is COC(=O)c1cc2ccc(C(=O)Nc3cccc(OC(C)C)c3)cc2s1. The first-order valence-corrected chi connectivity index (χ1v) is 8.98. The number of carbonyl (C=O) groups is 2. The van der Waals surface area contributed by atoms with Crippen molar-refractivity contribution in [2.75, 3.05) is 12.4 Å². The summed E-state index contributed by atoms with van der Waals surface area (Å²) < 4.78 is 11.2. The first-order valence-electron chi connectivity index (χ1n) is 8.16. The summed E-state index contributed by atoms with van der Waals surface area (Å²) in [5, 5.41) is 3.77. The number of ether oxygens (including phenoxy) is 2. The Morgan fingerprint density at radius 3 is 2.62 bits per heavy atom. The number of amides is 1. The van der Waals surface area contributed by atoms with Gasteiger partial charge >= 0.3 is 5.97 Å². The van der Waals surface area contributed by atoms with Crippen molar-refractivity contribution < 1.29 is 19.1 Å². The molecule has 1 amide bonds. The zero-order valence-corrected chi connectivity index (χ0v) is 15.6. The average Bonchev–Trinajstić information content (AvgIpc) is 3.04. The Balaban J connectivity index is 1.80. The van der Waals surface area contributed by atoms with Gasteiger partial charge in [-0.25, -0.2) is 4.79 Å². The average molecular weight is 369 g/mol. The molecular weight excluding hydrogens is 350 g/mol. The molecule has 5 nitrogen and oxygen atoms in total. The number of hydrogen-bond acceptors (Lipinski definition) is 5. The molecule has 0 aliphatic carbocycles. The van der Waals surface area contributed by atoms with Gasteiger partial charge < -0.3 is 14.8 Å². The monoisotopic (exact) mass is 369 g/mol. The second-order valence-corrected chi connectivity index (χ2v) is 7.09. The molecule has 134 valence electrons. The van der Waals surface area contributed by atoms with Crippen LogP contribution in [0.3, 0.4) is 0 Å². The summed E-state index contributed by atoms with van der Waals surface area (Å²) >= 11 is 1.30. The zero-order chi connectivity index (χ0) is 18.7. The van der Waals surface area contributed by atoms with E-state index in [-0.39, 0.29) is 18.0 Å². The van der Waals surface area contributed by atoms with E-state index < -0.39 is 0 Å². The van der Waals surface area contributed by atoms with Crippen molar-refractivity contribution in [1.29, 1.82) is 0 Å². The maximum absolute atomic E-state index is 12.5. The number of hydrogen-bond donors (Lipinski definition) is 1. The molecule has 0 fully saturated rings. The van der Waals surface area contributed by atoms with Crippen LogP contribution < -0.4 is 10.1 Å². The predicted octanol–water partition coefficient (Wildman–Crippen LogP) is 4.73. The van der Waals surface area contributed by atoms with E-state index in [9.17, 15) is 9.59 Å². The smallest absolute Gasteiger partial charge is 0.348 e. The highest BCUT2D eigenvalue weighted by Gasteiger charge is 2.13. The van der Waals surface area contributed by atoms with E-state index in [1.807, 2.05) is 38.1 Å². The molecule has 0 unspecified atom stereocenters. The second-order valence-electron chi connectivity index (χ2n) is 6.00. The number of anilines is 1. The van der Waals surface area contributed by atoms with Crippen LogP contribution in [0.15, 0.2) is 48.5 Å². The van der Waals surface area contributed by atoms with Gasteiger partial charge in [0.05, 0.1) is 13.2 Å². The van der Waals surface area contributed by atoms with E-state index in [0.29, 0.717) is 21.9 Å². The Morgan fingerprint density at radius 2 is 1.88 bits per heavy atom. The van der Waals surface area contributed by atoms with Crippen molar-refractivity contribution in [1.82, 2.24) is 0 Å². The van der Waals surface area contributed by atoms with Gasteiger partial charge in [0.25, 0.3) is 5.91 Å². The molecule has 0 aliphatic heterocycles. The fourth-order valence-electron chi connectivity index (χ4n) is 2.50. The van der Waals surface area contributed by atoms with E-state index in [2.05, 4.69) is 5.32 Å². The Hall–Kier alpha value is -2.86. The summed E-state index contributed by atoms with van der Waals surface area (Å²) in [6.07, 6.45) is 0.0613. The van der Waals surface area contributed by atoms with Gasteiger partial charge in [0.15, 0.2) is 0 Å². The van der Waals surface area contributed by atoms with Gasteiger partial charge in [0.2, 0.25) is 0 Å². The van der Waals surface area contributed by atoms with Crippen molar-refractivity contribution in [3.63, 3.8) is 0 Å². The summed E-state index contributed by atoms with van der Waals surface area (Å²) in [6.45, 7) is 3.90. The molecule has 0 aliphatic rings. The number of carbonyl (C=O) groups excluding carboxylic acids is 2. The van der Waals surface area contributed by atoms with Crippen LogP contribution in [-0.4, -0.2) is 25.1 Å². The van der Waals surface area contributed by atoms with Crippen molar-refractivity contribution in [3.8, 4) is 5.75 Å². The van der Waals surface area contributed by atoms with E-state index in [0.717, 1.165) is 10.1 Å². The molecule has 1 N–H and O–H groups in total. The van der Waals surface area contributed by atoms with Crippen LogP contribution in [0.25, 0.3) is 10.1 Å². The molecule has 1 heterocycles. The molecule has 6 heteroatoms. The normalized spacial score (nSPS) is 10.8. The van der Waals surface area contributed by atoms with Crippen LogP contribution in [0.1, 0.15) is 33.9 Å². The summed E-state index contributed by atoms with van der Waals surface area (Å²) in [6, 6.07) is 14.4. The molecule has 3 aromatic rings. The number of rotatable bonds is 5. The maximum atomic E-state index is 12.5. The summed E-state index contributed by atoms with van der Waals surface area (Å²) in [7, 11) is 1.35. The van der Waals surface area contributed by atoms with Crippen LogP contribution in [0.5, 0.6) is 5.75 Å². The van der Waals surface area contributed by atoms with Gasteiger partial charge in [-0.1, -0.05) is 12.1 Å². The predicted molar refractivity (Wildman–Crippen MR) is 103 cm³/mol. The molecule has 0 radical (unpaired) electrons. The molecule has 2 aromatic carbocycles. The van der Waals surface area contributed by atoms with Gasteiger partial charge in [-0.3, -0.25) is 4.79 Å². The highest BCUT2D eigenvalue weighted by atomic mass is 32.1. The summed E-state index contributed by atoms with van der Waals surface area (Å²) in [5.41, 5.74) is 1.18. The molecule has 0 saturated heterocycles. The van der Waals surface area contributed by atoms with E-state index >= 15 is 0 Å². The van der Waals surface area contributed by atoms with E-state index in [4.69, 9.17) is 9.47 Å². The standard InChI is InChI=1S/C20H19NO4S/c1-12(2)25-16-6-4-5-15(11-16)21-19(22)14-8-7-13-9-18(20(23)24-3)26-17(13)10-14/h4-12H,1-3H3,(H,21,22). The minimum atomic E-state index is -0.376. The molecule has 1 aromatic heterocycles. The quantitative estimate of drug-likeness (QED) is 0.661. The number of benzene rings is 2. The lowest BCUT2D eigenvalue weighted by atomic mass is 10.1. The van der Waals surface area contributed by atoms with Crippen LogP contribution in [0, 0.1) is 0 Å². The summed E-state index contributed by atoms with van der Waals surface area (Å²) in [5.74, 6) is 0.106. The molecule has 3 rings (SSSR count). The van der Waals surface area contributed by atoms with Gasteiger partial charge in [-0.2, -0.15) is 0 Å². The largest absolute Gasteiger partial charge is 0.491 e. The van der Waals surface area contributed by atoms with E-state index in [1.54, 1.807) is 24.3 Å². The van der Waals surface area contributed by atoms with Crippen LogP contribution in [-0.2, 0) is 4.74 Å². The third-order valence-corrected chi connectivity index (χ3v) is 4.71. The molecular formula is C20H19NO4S. The topological polar surface area (TPSA) is 64.6 Å². The van der Waals surface area contributed by atoms with Crippen LogP contribution in [0.4, 0.5) is 5.69 Å². The molecule has 26 heavy (non-hydrogen) atoms. The fraction of sp³-hybridized carbons (Fsp3) is 0.200. The number of fused-ring (bicyclic) bond motifs is 1. The lowest BCUT2D eigenvalue weighted by molar-refractivity contribution is 0.0606. The van der Waals surface area contributed by atoms with Crippen molar-refractivity contribution in [2.45, 2.75) is 20.0 Å². The number of esters is 1. The van der Waals surface area contributed by atoms with Crippen molar-refractivity contribution in [3.05, 3.63) is 59.0 Å². The molecule has 0 atom stereocenters. The van der Waals surface area contributed by atoms with E-state index in [1.165, 1.54) is 18.4 Å². The third-order valence-electron chi connectivity index (χ3n) is 3.63. The molecule has 0 saturated carbocycles. The van der Waals surface area contributed by atoms with Crippen LogP contribution >= 0.6 is 11.3 Å². The number of methoxy groups -OCH3 is 1. The Bertz CT molecular complexity index is 961. The van der Waals surface area contributed by atoms with Gasteiger partial charge in [-0.05, 0) is 49.6 Å². The van der Waals surface area contributed by atoms with Crippen molar-refractivity contribution in [2.24, 2.45) is 0 Å². The second kappa shape index (κ2) is 7.58. The number of thiophene rings is 1. The first kappa shape index (κ1) is 17.9. The minimum Gasteiger partial charge on any atom is -0.491 e. The fourth-order valence-corrected chi connectivity index (χ4v) is 3.52. The lowest BCUT2D eigenvalue weighted by Crippen LogP contribution is -2.12. The van der Waals surface area contributed by atoms with Gasteiger partial charge in [-0.15, -0.1) is 11.3 Å². The number of nitrogens with one attached hydrogen (secondary N) is 1. The Labute approximate surface area is 155 Å². The third kappa shape index (κ3) is 4.03. The highest BCUT2D eigenvalue weighted by Crippen LogP contribution is 2.27. The Kier molecular flexibility index (Phi) is 5.23. The minimum absolute atomic E-state index is 0.0613. The summed E-state index contributed by atoms with van der Waals surface area (Å²) in [4.78, 5) is 24.7. The van der Waals surface area contributed by atoms with Crippen LogP contribution in [0.2, 0.25) is 0 Å². The zero-order valence-electron chi connectivity index (χ0n) is 14.7. The van der Waals surface area contributed by atoms with Gasteiger partial charge in [0, 0.05) is 22.0 Å². The molecule has 0 bridgehead atoms. The van der Waals surface area contributed by atoms with Crippen molar-refractivity contribution >= 4 is 39.0 Å². The highest BCUT2D eigenvalue weighted by molar-refractivity contribution is 7.20. The Morgan fingerprint density at radius 1 is 1.08 bits per heavy atom. The lowest BCUT2D eigenvalue weighted by Gasteiger charge is -2.11. The van der Waals surface area contributed by atoms with Gasteiger partial charge in [0.1, 0.15) is 10.6 Å².